The van der Waals surface area contributed by atoms with Gasteiger partial charge in [-0.2, -0.15) is 0 Å². The standard InChI is InChI=1S/C10H15Cl/c1-10(2,3)8-6-4-5-7(6)9(8)11/h8-9H,4-5H2,1-3H3. The van der Waals surface area contributed by atoms with Crippen LogP contribution >= 0.6 is 11.6 Å². The molecule has 0 bridgehead atoms. The van der Waals surface area contributed by atoms with Gasteiger partial charge in [0.2, 0.25) is 0 Å². The first-order valence-corrected chi connectivity index (χ1v) is 4.81. The molecule has 0 amide bonds. The molecule has 2 unspecified atom stereocenters. The Balaban J connectivity index is 2.21. The summed E-state index contributed by atoms with van der Waals surface area (Å²) in [5.74, 6) is 0.674. The SMILES string of the molecule is CC(C)(C)C1C2=C(CC2)C1Cl. The first-order chi connectivity index (χ1) is 5.02. The number of halogens is 1. The highest BCUT2D eigenvalue weighted by Gasteiger charge is 2.48. The largest absolute Gasteiger partial charge is 0.117 e. The van der Waals surface area contributed by atoms with E-state index in [0.717, 1.165) is 0 Å². The van der Waals surface area contributed by atoms with Crippen molar-refractivity contribution in [2.24, 2.45) is 11.3 Å². The minimum Gasteiger partial charge on any atom is -0.117 e. The number of alkyl halides is 1. The van der Waals surface area contributed by atoms with Crippen LogP contribution in [-0.4, -0.2) is 5.38 Å². The van der Waals surface area contributed by atoms with Crippen LogP contribution in [0.4, 0.5) is 0 Å². The van der Waals surface area contributed by atoms with Gasteiger partial charge in [-0.25, -0.2) is 0 Å². The molecular formula is C10H15Cl. The third-order valence-electron chi connectivity index (χ3n) is 3.01. The van der Waals surface area contributed by atoms with Crippen molar-refractivity contribution in [3.8, 4) is 0 Å². The van der Waals surface area contributed by atoms with Crippen LogP contribution in [0.2, 0.25) is 0 Å². The molecule has 0 fully saturated rings. The molecule has 0 N–H and O–H groups in total. The van der Waals surface area contributed by atoms with Crippen LogP contribution in [0.25, 0.3) is 0 Å². The summed E-state index contributed by atoms with van der Waals surface area (Å²) >= 11 is 6.24. The van der Waals surface area contributed by atoms with E-state index in [2.05, 4.69) is 20.8 Å². The molecule has 0 spiro atoms. The van der Waals surface area contributed by atoms with Gasteiger partial charge in [-0.05, 0) is 18.3 Å². The fourth-order valence-electron chi connectivity index (χ4n) is 2.33. The maximum atomic E-state index is 6.24. The van der Waals surface area contributed by atoms with E-state index >= 15 is 0 Å². The average molecular weight is 171 g/mol. The lowest BCUT2D eigenvalue weighted by Crippen LogP contribution is -2.44. The lowest BCUT2D eigenvalue weighted by molar-refractivity contribution is 0.224. The third-order valence-corrected chi connectivity index (χ3v) is 3.53. The lowest BCUT2D eigenvalue weighted by atomic mass is 9.57. The molecule has 2 aliphatic carbocycles. The second kappa shape index (κ2) is 2.04. The maximum absolute atomic E-state index is 6.24. The van der Waals surface area contributed by atoms with E-state index in [9.17, 15) is 0 Å². The van der Waals surface area contributed by atoms with Gasteiger partial charge in [0.25, 0.3) is 0 Å². The Morgan fingerprint density at radius 3 is 1.91 bits per heavy atom. The molecule has 0 aromatic heterocycles. The number of rotatable bonds is 0. The minimum atomic E-state index is 0.374. The molecule has 0 heterocycles. The van der Waals surface area contributed by atoms with E-state index in [1.807, 2.05) is 0 Å². The molecule has 0 saturated carbocycles. The maximum Gasteiger partial charge on any atom is 0.0618 e. The molecule has 2 aliphatic rings. The zero-order valence-electron chi connectivity index (χ0n) is 7.45. The summed E-state index contributed by atoms with van der Waals surface area (Å²) in [7, 11) is 0. The van der Waals surface area contributed by atoms with Crippen LogP contribution < -0.4 is 0 Å². The van der Waals surface area contributed by atoms with Crippen molar-refractivity contribution in [3.63, 3.8) is 0 Å². The van der Waals surface area contributed by atoms with Crippen molar-refractivity contribution in [1.29, 1.82) is 0 Å². The number of hydrogen-bond donors (Lipinski definition) is 0. The van der Waals surface area contributed by atoms with Gasteiger partial charge in [0.15, 0.2) is 0 Å². The van der Waals surface area contributed by atoms with Gasteiger partial charge in [-0.15, -0.1) is 11.6 Å². The zero-order valence-corrected chi connectivity index (χ0v) is 8.20. The van der Waals surface area contributed by atoms with Crippen molar-refractivity contribution in [1.82, 2.24) is 0 Å². The minimum absolute atomic E-state index is 0.374. The van der Waals surface area contributed by atoms with Gasteiger partial charge in [0.05, 0.1) is 5.38 Å². The second-order valence-electron chi connectivity index (χ2n) is 4.80. The highest BCUT2D eigenvalue weighted by atomic mass is 35.5. The fourth-order valence-corrected chi connectivity index (χ4v) is 3.11. The predicted molar refractivity (Wildman–Crippen MR) is 48.8 cm³/mol. The molecular weight excluding hydrogens is 156 g/mol. The van der Waals surface area contributed by atoms with E-state index in [0.29, 0.717) is 16.7 Å². The Labute approximate surface area is 73.6 Å². The van der Waals surface area contributed by atoms with Crippen molar-refractivity contribution < 1.29 is 0 Å². The molecule has 0 aromatic rings. The van der Waals surface area contributed by atoms with Crippen molar-refractivity contribution >= 4 is 11.6 Å². The van der Waals surface area contributed by atoms with Crippen LogP contribution in [0.1, 0.15) is 33.6 Å². The topological polar surface area (TPSA) is 0 Å². The first kappa shape index (κ1) is 7.67. The smallest absolute Gasteiger partial charge is 0.0618 e. The first-order valence-electron chi connectivity index (χ1n) is 4.37. The summed E-state index contributed by atoms with van der Waals surface area (Å²) in [5.41, 5.74) is 3.62. The second-order valence-corrected chi connectivity index (χ2v) is 5.27. The summed E-state index contributed by atoms with van der Waals surface area (Å²) in [4.78, 5) is 0. The van der Waals surface area contributed by atoms with Crippen molar-refractivity contribution in [2.75, 3.05) is 0 Å². The summed E-state index contributed by atoms with van der Waals surface area (Å²) in [6, 6.07) is 0. The van der Waals surface area contributed by atoms with Gasteiger partial charge in [-0.3, -0.25) is 0 Å². The molecule has 11 heavy (non-hydrogen) atoms. The normalized spacial score (nSPS) is 36.0. The number of allylic oxidation sites excluding steroid dienone is 2. The molecule has 0 aliphatic heterocycles. The monoisotopic (exact) mass is 170 g/mol. The Hall–Kier alpha value is 0.0300. The van der Waals surface area contributed by atoms with Crippen LogP contribution in [-0.2, 0) is 0 Å². The molecule has 2 rings (SSSR count). The van der Waals surface area contributed by atoms with Crippen LogP contribution in [0.15, 0.2) is 11.1 Å². The molecule has 2 atom stereocenters. The summed E-state index contributed by atoms with van der Waals surface area (Å²) < 4.78 is 0. The molecule has 62 valence electrons. The Morgan fingerprint density at radius 1 is 1.18 bits per heavy atom. The van der Waals surface area contributed by atoms with Crippen LogP contribution in [0, 0.1) is 11.3 Å². The summed E-state index contributed by atoms with van der Waals surface area (Å²) in [6.07, 6.45) is 2.59. The van der Waals surface area contributed by atoms with Crippen LogP contribution in [0.3, 0.4) is 0 Å². The molecule has 0 saturated heterocycles. The average Bonchev–Trinajstić information content (AvgIpc) is 1.77. The van der Waals surface area contributed by atoms with Gasteiger partial charge < -0.3 is 0 Å². The van der Waals surface area contributed by atoms with Gasteiger partial charge >= 0.3 is 0 Å². The van der Waals surface area contributed by atoms with E-state index < -0.39 is 0 Å². The van der Waals surface area contributed by atoms with Gasteiger partial charge in [0.1, 0.15) is 0 Å². The number of hydrogen-bond acceptors (Lipinski definition) is 0. The predicted octanol–water partition coefficient (Wildman–Crippen LogP) is 3.36. The van der Waals surface area contributed by atoms with Crippen molar-refractivity contribution in [2.45, 2.75) is 39.0 Å². The van der Waals surface area contributed by atoms with E-state index in [4.69, 9.17) is 11.6 Å². The van der Waals surface area contributed by atoms with E-state index in [1.54, 1.807) is 11.1 Å². The fraction of sp³-hybridized carbons (Fsp3) is 0.800. The summed E-state index contributed by atoms with van der Waals surface area (Å²) in [6.45, 7) is 6.86. The Morgan fingerprint density at radius 2 is 1.73 bits per heavy atom. The van der Waals surface area contributed by atoms with Crippen molar-refractivity contribution in [3.05, 3.63) is 11.1 Å². The summed E-state index contributed by atoms with van der Waals surface area (Å²) in [5, 5.41) is 0.374. The Bertz CT molecular complexity index is 220. The molecule has 0 aromatic carbocycles. The molecule has 1 heteroatoms. The van der Waals surface area contributed by atoms with E-state index in [-0.39, 0.29) is 0 Å². The lowest BCUT2D eigenvalue weighted by Gasteiger charge is -2.51. The molecule has 0 radical (unpaired) electrons. The molecule has 0 nitrogen and oxygen atoms in total. The van der Waals surface area contributed by atoms with E-state index in [1.165, 1.54) is 12.8 Å². The third kappa shape index (κ3) is 0.885. The van der Waals surface area contributed by atoms with Gasteiger partial charge in [-0.1, -0.05) is 31.9 Å². The Kier molecular flexibility index (Phi) is 1.42. The highest BCUT2D eigenvalue weighted by molar-refractivity contribution is 6.24. The highest BCUT2D eigenvalue weighted by Crippen LogP contribution is 2.57. The van der Waals surface area contributed by atoms with Crippen LogP contribution in [0.5, 0.6) is 0 Å². The zero-order chi connectivity index (χ0) is 8.22. The quantitative estimate of drug-likeness (QED) is 0.386. The van der Waals surface area contributed by atoms with Gasteiger partial charge in [0, 0.05) is 5.92 Å².